The third kappa shape index (κ3) is 3.31. The second kappa shape index (κ2) is 6.10. The van der Waals surface area contributed by atoms with Gasteiger partial charge in [0.25, 0.3) is 5.56 Å². The number of anilines is 1. The van der Waals surface area contributed by atoms with Gasteiger partial charge in [-0.2, -0.15) is 5.26 Å². The molecule has 108 valence electrons. The first kappa shape index (κ1) is 15.3. The van der Waals surface area contributed by atoms with Crippen molar-refractivity contribution >= 4 is 21.6 Å². The Balaban J connectivity index is 2.38. The van der Waals surface area contributed by atoms with Crippen molar-refractivity contribution in [3.63, 3.8) is 0 Å². The van der Waals surface area contributed by atoms with Gasteiger partial charge in [-0.15, -0.1) is 0 Å². The maximum Gasteiger partial charge on any atom is 0.256 e. The molecule has 6 heteroatoms. The van der Waals surface area contributed by atoms with E-state index in [-0.39, 0.29) is 11.6 Å². The van der Waals surface area contributed by atoms with Gasteiger partial charge in [0.2, 0.25) is 0 Å². The van der Waals surface area contributed by atoms with Crippen molar-refractivity contribution in [2.45, 2.75) is 26.8 Å². The van der Waals surface area contributed by atoms with E-state index in [1.54, 1.807) is 13.0 Å². The lowest BCUT2D eigenvalue weighted by Crippen LogP contribution is -2.23. The molecule has 0 amide bonds. The summed E-state index contributed by atoms with van der Waals surface area (Å²) in [7, 11) is 0. The fourth-order valence-electron chi connectivity index (χ4n) is 2.29. The lowest BCUT2D eigenvalue weighted by molar-refractivity contribution is 0.813. The largest absolute Gasteiger partial charge is 0.377 e. The fourth-order valence-corrected chi connectivity index (χ4v) is 2.65. The fraction of sp³-hybridized carbons (Fsp3) is 0.267. The van der Waals surface area contributed by atoms with E-state index >= 15 is 0 Å². The predicted octanol–water partition coefficient (Wildman–Crippen LogP) is 3.19. The van der Waals surface area contributed by atoms with Crippen molar-refractivity contribution < 1.29 is 0 Å². The van der Waals surface area contributed by atoms with Crippen molar-refractivity contribution in [1.29, 1.82) is 5.26 Å². The molecule has 1 atom stereocenters. The zero-order chi connectivity index (χ0) is 15.6. The van der Waals surface area contributed by atoms with E-state index in [4.69, 9.17) is 0 Å². The first-order chi connectivity index (χ1) is 9.92. The summed E-state index contributed by atoms with van der Waals surface area (Å²) >= 11 is 3.34. The molecule has 2 N–H and O–H groups in total. The van der Waals surface area contributed by atoms with E-state index in [0.29, 0.717) is 28.3 Å². The molecule has 0 bridgehead atoms. The Morgan fingerprint density at radius 2 is 2.14 bits per heavy atom. The van der Waals surface area contributed by atoms with Crippen LogP contribution in [0.15, 0.2) is 27.5 Å². The molecule has 1 heterocycles. The minimum atomic E-state index is -0.255. The molecule has 21 heavy (non-hydrogen) atoms. The Morgan fingerprint density at radius 3 is 2.76 bits per heavy atom. The minimum absolute atomic E-state index is 0.157. The zero-order valence-electron chi connectivity index (χ0n) is 12.0. The van der Waals surface area contributed by atoms with Gasteiger partial charge in [0.15, 0.2) is 0 Å². The van der Waals surface area contributed by atoms with Gasteiger partial charge in [0, 0.05) is 4.47 Å². The van der Waals surface area contributed by atoms with E-state index < -0.39 is 0 Å². The molecule has 0 radical (unpaired) electrons. The molecule has 0 aliphatic rings. The van der Waals surface area contributed by atoms with E-state index in [1.807, 2.05) is 26.0 Å². The van der Waals surface area contributed by atoms with E-state index in [0.717, 1.165) is 4.47 Å². The number of hydrogen-bond acceptors (Lipinski definition) is 4. The molecule has 1 aromatic carbocycles. The van der Waals surface area contributed by atoms with Gasteiger partial charge in [-0.1, -0.05) is 15.9 Å². The maximum absolute atomic E-state index is 12.1. The van der Waals surface area contributed by atoms with E-state index in [2.05, 4.69) is 37.3 Å². The van der Waals surface area contributed by atoms with Crippen LogP contribution in [0.3, 0.4) is 0 Å². The van der Waals surface area contributed by atoms with Crippen molar-refractivity contribution in [2.24, 2.45) is 0 Å². The lowest BCUT2D eigenvalue weighted by atomic mass is 10.1. The lowest BCUT2D eigenvalue weighted by Gasteiger charge is -2.17. The van der Waals surface area contributed by atoms with E-state index in [9.17, 15) is 10.1 Å². The Labute approximate surface area is 131 Å². The van der Waals surface area contributed by atoms with Gasteiger partial charge in [0.05, 0.1) is 28.6 Å². The summed E-state index contributed by atoms with van der Waals surface area (Å²) in [6.07, 6.45) is 0. The Hall–Kier alpha value is -2.13. The minimum Gasteiger partial charge on any atom is -0.377 e. The van der Waals surface area contributed by atoms with Crippen LogP contribution in [0, 0.1) is 25.2 Å². The summed E-state index contributed by atoms with van der Waals surface area (Å²) in [6, 6.07) is 7.28. The molecule has 0 spiro atoms. The second-order valence-corrected chi connectivity index (χ2v) is 5.73. The Morgan fingerprint density at radius 1 is 1.43 bits per heavy atom. The van der Waals surface area contributed by atoms with Gasteiger partial charge in [-0.05, 0) is 39.0 Å². The number of benzene rings is 1. The molecular formula is C15H15BrN4O. The Bertz CT molecular complexity index is 776. The van der Waals surface area contributed by atoms with Crippen LogP contribution >= 0.6 is 15.9 Å². The average Bonchev–Trinajstić information content (AvgIpc) is 2.39. The second-order valence-electron chi connectivity index (χ2n) is 4.82. The van der Waals surface area contributed by atoms with Gasteiger partial charge in [-0.25, -0.2) is 4.98 Å². The maximum atomic E-state index is 12.1. The van der Waals surface area contributed by atoms with Crippen LogP contribution in [0.1, 0.15) is 35.6 Å². The highest BCUT2D eigenvalue weighted by atomic mass is 79.9. The highest BCUT2D eigenvalue weighted by Gasteiger charge is 2.16. The van der Waals surface area contributed by atoms with Gasteiger partial charge in [0.1, 0.15) is 11.9 Å². The smallest absolute Gasteiger partial charge is 0.256 e. The average molecular weight is 347 g/mol. The molecule has 0 aliphatic heterocycles. The number of aromatic amines is 1. The number of hydrogen-bond donors (Lipinski definition) is 2. The Kier molecular flexibility index (Phi) is 4.43. The number of rotatable bonds is 3. The topological polar surface area (TPSA) is 81.6 Å². The van der Waals surface area contributed by atoms with Gasteiger partial charge in [-0.3, -0.25) is 4.79 Å². The summed E-state index contributed by atoms with van der Waals surface area (Å²) < 4.78 is 0.836. The molecule has 2 rings (SSSR count). The molecule has 1 unspecified atom stereocenters. The first-order valence-corrected chi connectivity index (χ1v) is 7.25. The molecule has 0 aliphatic carbocycles. The van der Waals surface area contributed by atoms with Crippen LogP contribution in [0.25, 0.3) is 0 Å². The zero-order valence-corrected chi connectivity index (χ0v) is 13.6. The standard InChI is InChI=1S/C15H15BrN4O/c1-8-14(15(21)20-10(3)18-8)9(2)19-13-5-4-12(16)6-11(13)7-17/h4-6,9,19H,1-3H3,(H,18,20,21). The third-order valence-corrected chi connectivity index (χ3v) is 3.66. The summed E-state index contributed by atoms with van der Waals surface area (Å²) in [4.78, 5) is 19.1. The summed E-state index contributed by atoms with van der Waals surface area (Å²) in [5.41, 5.74) is 2.31. The molecule has 1 aromatic heterocycles. The molecule has 0 fully saturated rings. The SMILES string of the molecule is Cc1nc(C)c(C(C)Nc2ccc(Br)cc2C#N)c(=O)[nH]1. The third-order valence-electron chi connectivity index (χ3n) is 3.17. The van der Waals surface area contributed by atoms with Crippen molar-refractivity contribution in [3.8, 4) is 6.07 Å². The molecule has 0 saturated carbocycles. The van der Waals surface area contributed by atoms with Crippen LogP contribution in [-0.4, -0.2) is 9.97 Å². The van der Waals surface area contributed by atoms with Crippen LogP contribution in [0.4, 0.5) is 5.69 Å². The summed E-state index contributed by atoms with van der Waals surface area (Å²) in [5.74, 6) is 0.592. The van der Waals surface area contributed by atoms with Crippen LogP contribution in [-0.2, 0) is 0 Å². The molecule has 5 nitrogen and oxygen atoms in total. The number of aromatic nitrogens is 2. The van der Waals surface area contributed by atoms with Crippen LogP contribution in [0.5, 0.6) is 0 Å². The van der Waals surface area contributed by atoms with Gasteiger partial charge >= 0.3 is 0 Å². The number of nitrogens with zero attached hydrogens (tertiary/aromatic N) is 2. The predicted molar refractivity (Wildman–Crippen MR) is 85.2 cm³/mol. The number of aryl methyl sites for hydroxylation is 2. The number of H-pyrrole nitrogens is 1. The number of nitriles is 1. The van der Waals surface area contributed by atoms with E-state index in [1.165, 1.54) is 0 Å². The monoisotopic (exact) mass is 346 g/mol. The number of halogens is 1. The highest BCUT2D eigenvalue weighted by molar-refractivity contribution is 9.10. The molecular weight excluding hydrogens is 332 g/mol. The first-order valence-electron chi connectivity index (χ1n) is 6.46. The van der Waals surface area contributed by atoms with Gasteiger partial charge < -0.3 is 10.3 Å². The molecule has 0 saturated heterocycles. The quantitative estimate of drug-likeness (QED) is 0.893. The summed E-state index contributed by atoms with van der Waals surface area (Å²) in [6.45, 7) is 5.43. The van der Waals surface area contributed by atoms with Crippen molar-refractivity contribution in [2.75, 3.05) is 5.32 Å². The molecule has 2 aromatic rings. The number of nitrogens with one attached hydrogen (secondary N) is 2. The summed E-state index contributed by atoms with van der Waals surface area (Å²) in [5, 5.41) is 12.4. The van der Waals surface area contributed by atoms with Crippen LogP contribution < -0.4 is 10.9 Å². The normalized spacial score (nSPS) is 11.8. The van der Waals surface area contributed by atoms with Crippen molar-refractivity contribution in [1.82, 2.24) is 9.97 Å². The van der Waals surface area contributed by atoms with Crippen LogP contribution in [0.2, 0.25) is 0 Å². The van der Waals surface area contributed by atoms with Crippen molar-refractivity contribution in [3.05, 3.63) is 55.7 Å². The highest BCUT2D eigenvalue weighted by Crippen LogP contribution is 2.24.